The van der Waals surface area contributed by atoms with Crippen molar-refractivity contribution in [2.45, 2.75) is 31.0 Å². The number of carbonyl (C=O) groups excluding carboxylic acids is 2. The number of Topliss-reactive ketones (excluding diaryl/α,β-unsaturated/α-hetero) is 1. The monoisotopic (exact) mass is 438 g/mol. The predicted octanol–water partition coefficient (Wildman–Crippen LogP) is 3.66. The van der Waals surface area contributed by atoms with Crippen molar-refractivity contribution in [3.05, 3.63) is 53.1 Å². The molecule has 0 spiro atoms. The van der Waals surface area contributed by atoms with Crippen molar-refractivity contribution < 1.29 is 14.3 Å². The van der Waals surface area contributed by atoms with Gasteiger partial charge in [0, 0.05) is 0 Å². The van der Waals surface area contributed by atoms with Gasteiger partial charge < -0.3 is 0 Å². The Labute approximate surface area is 166 Å². The van der Waals surface area contributed by atoms with Crippen LogP contribution in [0.1, 0.15) is 26.7 Å². The molecule has 26 heavy (non-hydrogen) atoms. The molecular weight excluding hydrogens is 415 g/mol. The molecule has 138 valence electrons. The SMILES string of the molecule is COC(=O)C(C)([Se]c1ccccc1)[C@@H]1C=C[C@H](C)[C@H]2CC(=O)C(Cl)=C2C1. The van der Waals surface area contributed by atoms with Gasteiger partial charge in [-0.05, 0) is 0 Å². The Morgan fingerprint density at radius 3 is 2.58 bits per heavy atom. The molecule has 0 heterocycles. The summed E-state index contributed by atoms with van der Waals surface area (Å²) in [6, 6.07) is 10.1. The molecule has 2 aliphatic rings. The Hall–Kier alpha value is -1.35. The minimum atomic E-state index is -0.663. The van der Waals surface area contributed by atoms with Gasteiger partial charge in [-0.15, -0.1) is 0 Å². The van der Waals surface area contributed by atoms with E-state index in [2.05, 4.69) is 31.2 Å². The van der Waals surface area contributed by atoms with E-state index in [1.165, 1.54) is 7.11 Å². The van der Waals surface area contributed by atoms with Gasteiger partial charge in [0.1, 0.15) is 0 Å². The quantitative estimate of drug-likeness (QED) is 0.410. The van der Waals surface area contributed by atoms with Crippen LogP contribution in [0.15, 0.2) is 53.1 Å². The second-order valence-electron chi connectivity index (χ2n) is 7.14. The molecule has 0 aromatic heterocycles. The van der Waals surface area contributed by atoms with Crippen LogP contribution in [0.3, 0.4) is 0 Å². The van der Waals surface area contributed by atoms with Gasteiger partial charge in [0.2, 0.25) is 0 Å². The molecule has 0 saturated carbocycles. The summed E-state index contributed by atoms with van der Waals surface area (Å²) in [5.41, 5.74) is 1.01. The van der Waals surface area contributed by atoms with Crippen molar-refractivity contribution >= 4 is 42.8 Å². The van der Waals surface area contributed by atoms with Crippen LogP contribution in [0.5, 0.6) is 0 Å². The Kier molecular flexibility index (Phi) is 5.76. The van der Waals surface area contributed by atoms with Gasteiger partial charge in [0.15, 0.2) is 0 Å². The van der Waals surface area contributed by atoms with Gasteiger partial charge in [-0.2, -0.15) is 0 Å². The summed E-state index contributed by atoms with van der Waals surface area (Å²) in [6.07, 6.45) is 5.40. The standard InChI is InChI=1S/C21H23ClO3Se/c1-13-9-10-14(11-17-16(13)12-18(23)19(17)22)21(2,20(24)25-3)26-15-7-5-4-6-8-15/h4-10,13-14,16H,11-12H2,1-3H3/t13-,14+,16+,21?/m0/s1. The molecule has 0 saturated heterocycles. The topological polar surface area (TPSA) is 43.4 Å². The molecule has 1 aromatic rings. The number of allylic oxidation sites excluding steroid dienone is 4. The molecule has 0 radical (unpaired) electrons. The first-order valence-electron chi connectivity index (χ1n) is 8.79. The van der Waals surface area contributed by atoms with E-state index in [0.717, 1.165) is 10.0 Å². The molecule has 0 N–H and O–H groups in total. The van der Waals surface area contributed by atoms with Gasteiger partial charge in [0.05, 0.1) is 0 Å². The molecule has 5 heteroatoms. The first kappa shape index (κ1) is 19.4. The number of ketones is 1. The van der Waals surface area contributed by atoms with Crippen LogP contribution in [-0.4, -0.2) is 33.8 Å². The van der Waals surface area contributed by atoms with Crippen LogP contribution < -0.4 is 4.46 Å². The Bertz CT molecular complexity index is 771. The Morgan fingerprint density at radius 1 is 1.23 bits per heavy atom. The normalized spacial score (nSPS) is 27.7. The molecular formula is C21H23ClO3Se. The number of halogens is 1. The third-order valence-electron chi connectivity index (χ3n) is 5.47. The van der Waals surface area contributed by atoms with Crippen molar-refractivity contribution in [2.75, 3.05) is 7.11 Å². The summed E-state index contributed by atoms with van der Waals surface area (Å²) in [4.78, 5) is 24.9. The van der Waals surface area contributed by atoms with Crippen molar-refractivity contribution in [1.82, 2.24) is 0 Å². The van der Waals surface area contributed by atoms with Crippen molar-refractivity contribution in [3.63, 3.8) is 0 Å². The van der Waals surface area contributed by atoms with Crippen LogP contribution in [0.25, 0.3) is 0 Å². The van der Waals surface area contributed by atoms with Crippen LogP contribution >= 0.6 is 11.6 Å². The zero-order chi connectivity index (χ0) is 18.9. The average molecular weight is 438 g/mol. The van der Waals surface area contributed by atoms with Crippen LogP contribution in [0.4, 0.5) is 0 Å². The third kappa shape index (κ3) is 3.55. The second kappa shape index (κ2) is 7.72. The Balaban J connectivity index is 1.99. The number of hydrogen-bond donors (Lipinski definition) is 0. The molecule has 0 aliphatic heterocycles. The number of methoxy groups -OCH3 is 1. The summed E-state index contributed by atoms with van der Waals surface area (Å²) >= 11 is 6.24. The van der Waals surface area contributed by atoms with E-state index < -0.39 is 4.31 Å². The van der Waals surface area contributed by atoms with Gasteiger partial charge in [0.25, 0.3) is 0 Å². The van der Waals surface area contributed by atoms with E-state index in [4.69, 9.17) is 16.3 Å². The number of rotatable bonds is 4. The van der Waals surface area contributed by atoms with E-state index in [0.29, 0.717) is 17.9 Å². The molecule has 0 fully saturated rings. The first-order chi connectivity index (χ1) is 12.4. The molecule has 1 aromatic carbocycles. The minimum absolute atomic E-state index is 0.0286. The fourth-order valence-electron chi connectivity index (χ4n) is 3.83. The number of ether oxygens (including phenoxy) is 1. The maximum atomic E-state index is 12.8. The number of hydrogen-bond acceptors (Lipinski definition) is 3. The maximum absolute atomic E-state index is 12.8. The van der Waals surface area contributed by atoms with E-state index in [1.807, 2.05) is 25.1 Å². The number of carbonyl (C=O) groups is 2. The summed E-state index contributed by atoms with van der Waals surface area (Å²) in [6.45, 7) is 4.10. The van der Waals surface area contributed by atoms with Crippen molar-refractivity contribution in [2.24, 2.45) is 17.8 Å². The van der Waals surface area contributed by atoms with Crippen LogP contribution in [0.2, 0.25) is 4.31 Å². The molecule has 1 unspecified atom stereocenters. The van der Waals surface area contributed by atoms with E-state index in [9.17, 15) is 9.59 Å². The van der Waals surface area contributed by atoms with Crippen molar-refractivity contribution in [1.29, 1.82) is 0 Å². The van der Waals surface area contributed by atoms with Gasteiger partial charge in [-0.25, -0.2) is 0 Å². The fraction of sp³-hybridized carbons (Fsp3) is 0.429. The summed E-state index contributed by atoms with van der Waals surface area (Å²) < 4.78 is 5.68. The third-order valence-corrected chi connectivity index (χ3v) is 8.87. The van der Waals surface area contributed by atoms with Gasteiger partial charge >= 0.3 is 166 Å². The van der Waals surface area contributed by atoms with E-state index >= 15 is 0 Å². The summed E-state index contributed by atoms with van der Waals surface area (Å²) in [7, 11) is 1.44. The molecule has 2 aliphatic carbocycles. The Morgan fingerprint density at radius 2 is 1.92 bits per heavy atom. The number of benzene rings is 1. The number of fused-ring (bicyclic) bond motifs is 1. The van der Waals surface area contributed by atoms with Gasteiger partial charge in [-0.1, -0.05) is 0 Å². The predicted molar refractivity (Wildman–Crippen MR) is 105 cm³/mol. The molecule has 3 nitrogen and oxygen atoms in total. The molecule has 0 bridgehead atoms. The zero-order valence-electron chi connectivity index (χ0n) is 15.2. The van der Waals surface area contributed by atoms with E-state index in [1.54, 1.807) is 0 Å². The zero-order valence-corrected chi connectivity index (χ0v) is 17.7. The second-order valence-corrected chi connectivity index (χ2v) is 10.7. The summed E-state index contributed by atoms with van der Waals surface area (Å²) in [5, 5.41) is 0.384. The van der Waals surface area contributed by atoms with Crippen LogP contribution in [-0.2, 0) is 14.3 Å². The van der Waals surface area contributed by atoms with Crippen LogP contribution in [0, 0.1) is 17.8 Å². The molecule has 3 rings (SSSR count). The van der Waals surface area contributed by atoms with Gasteiger partial charge in [-0.3, -0.25) is 0 Å². The van der Waals surface area contributed by atoms with E-state index in [-0.39, 0.29) is 44.5 Å². The molecule has 0 amide bonds. The number of esters is 1. The molecule has 4 atom stereocenters. The fourth-order valence-corrected chi connectivity index (χ4v) is 6.77. The average Bonchev–Trinajstić information content (AvgIpc) is 2.81. The summed E-state index contributed by atoms with van der Waals surface area (Å²) in [5.74, 6) is 0.171. The first-order valence-corrected chi connectivity index (χ1v) is 10.9. The van der Waals surface area contributed by atoms with Crippen molar-refractivity contribution in [3.8, 4) is 0 Å².